The summed E-state index contributed by atoms with van der Waals surface area (Å²) in [6, 6.07) is 12.3. The van der Waals surface area contributed by atoms with Gasteiger partial charge in [0.1, 0.15) is 11.4 Å². The standard InChI is InChI=1S/C18H21N3O2/c1-12(2)11-19-17(22)15-9-6-10-16(20-15)18(23)21-14-8-5-4-7-13(14)3/h4-10,12H,11H2,1-3H3,(H,19,22)(H,21,23). The largest absolute Gasteiger partial charge is 0.350 e. The number of amides is 2. The first-order chi connectivity index (χ1) is 11.0. The molecule has 5 nitrogen and oxygen atoms in total. The Balaban J connectivity index is 2.11. The molecule has 0 bridgehead atoms. The van der Waals surface area contributed by atoms with Gasteiger partial charge in [0.15, 0.2) is 0 Å². The van der Waals surface area contributed by atoms with Crippen molar-refractivity contribution < 1.29 is 9.59 Å². The molecule has 5 heteroatoms. The number of nitrogens with zero attached hydrogens (tertiary/aromatic N) is 1. The number of pyridine rings is 1. The van der Waals surface area contributed by atoms with Crippen LogP contribution in [-0.2, 0) is 0 Å². The third-order valence-corrected chi connectivity index (χ3v) is 3.28. The number of hydrogen-bond donors (Lipinski definition) is 2. The van der Waals surface area contributed by atoms with Gasteiger partial charge in [-0.25, -0.2) is 4.98 Å². The molecule has 0 atom stereocenters. The van der Waals surface area contributed by atoms with Crippen molar-refractivity contribution in [1.29, 1.82) is 0 Å². The zero-order chi connectivity index (χ0) is 16.8. The van der Waals surface area contributed by atoms with E-state index < -0.39 is 0 Å². The van der Waals surface area contributed by atoms with E-state index >= 15 is 0 Å². The highest BCUT2D eigenvalue weighted by Gasteiger charge is 2.13. The highest BCUT2D eigenvalue weighted by atomic mass is 16.2. The van der Waals surface area contributed by atoms with Crippen LogP contribution in [-0.4, -0.2) is 23.3 Å². The Hall–Kier alpha value is -2.69. The number of rotatable bonds is 5. The van der Waals surface area contributed by atoms with E-state index in [0.29, 0.717) is 12.5 Å². The first-order valence-corrected chi connectivity index (χ1v) is 7.59. The van der Waals surface area contributed by atoms with E-state index in [1.807, 2.05) is 45.0 Å². The Kier molecular flexibility index (Phi) is 5.46. The van der Waals surface area contributed by atoms with Crippen LogP contribution in [0, 0.1) is 12.8 Å². The summed E-state index contributed by atoms with van der Waals surface area (Å²) < 4.78 is 0. The maximum atomic E-state index is 12.3. The molecule has 0 aliphatic rings. The molecule has 0 unspecified atom stereocenters. The maximum Gasteiger partial charge on any atom is 0.274 e. The molecular weight excluding hydrogens is 290 g/mol. The van der Waals surface area contributed by atoms with Gasteiger partial charge in [0.2, 0.25) is 0 Å². The first-order valence-electron chi connectivity index (χ1n) is 7.59. The Bertz CT molecular complexity index is 711. The van der Waals surface area contributed by atoms with Gasteiger partial charge in [0, 0.05) is 12.2 Å². The second-order valence-corrected chi connectivity index (χ2v) is 5.78. The Labute approximate surface area is 136 Å². The van der Waals surface area contributed by atoms with Gasteiger partial charge in [0.25, 0.3) is 11.8 Å². The molecule has 1 heterocycles. The molecule has 0 saturated carbocycles. The van der Waals surface area contributed by atoms with Gasteiger partial charge in [-0.15, -0.1) is 0 Å². The van der Waals surface area contributed by atoms with Crippen molar-refractivity contribution in [3.05, 3.63) is 59.4 Å². The van der Waals surface area contributed by atoms with Crippen molar-refractivity contribution in [3.8, 4) is 0 Å². The molecule has 120 valence electrons. The van der Waals surface area contributed by atoms with Crippen LogP contribution in [0.15, 0.2) is 42.5 Å². The van der Waals surface area contributed by atoms with Gasteiger partial charge < -0.3 is 10.6 Å². The number of benzene rings is 1. The van der Waals surface area contributed by atoms with Gasteiger partial charge in [-0.2, -0.15) is 0 Å². The Morgan fingerprint density at radius 3 is 2.30 bits per heavy atom. The highest BCUT2D eigenvalue weighted by Crippen LogP contribution is 2.14. The lowest BCUT2D eigenvalue weighted by molar-refractivity contribution is 0.0944. The zero-order valence-electron chi connectivity index (χ0n) is 13.6. The second-order valence-electron chi connectivity index (χ2n) is 5.78. The summed E-state index contributed by atoms with van der Waals surface area (Å²) >= 11 is 0. The molecule has 0 fully saturated rings. The van der Waals surface area contributed by atoms with E-state index in [-0.39, 0.29) is 23.2 Å². The van der Waals surface area contributed by atoms with Crippen LogP contribution >= 0.6 is 0 Å². The van der Waals surface area contributed by atoms with Crippen molar-refractivity contribution in [1.82, 2.24) is 10.3 Å². The number of hydrogen-bond acceptors (Lipinski definition) is 3. The normalized spacial score (nSPS) is 10.4. The third kappa shape index (κ3) is 4.64. The molecular formula is C18H21N3O2. The monoisotopic (exact) mass is 311 g/mol. The van der Waals surface area contributed by atoms with Gasteiger partial charge in [-0.1, -0.05) is 38.1 Å². The molecule has 1 aromatic heterocycles. The smallest absolute Gasteiger partial charge is 0.274 e. The van der Waals surface area contributed by atoms with Gasteiger partial charge >= 0.3 is 0 Å². The zero-order valence-corrected chi connectivity index (χ0v) is 13.6. The number of nitrogens with one attached hydrogen (secondary N) is 2. The van der Waals surface area contributed by atoms with Crippen molar-refractivity contribution in [3.63, 3.8) is 0 Å². The fourth-order valence-corrected chi connectivity index (χ4v) is 1.97. The van der Waals surface area contributed by atoms with Crippen LogP contribution in [0.1, 0.15) is 40.4 Å². The SMILES string of the molecule is Cc1ccccc1NC(=O)c1cccc(C(=O)NCC(C)C)n1. The van der Waals surface area contributed by atoms with Crippen molar-refractivity contribution in [2.24, 2.45) is 5.92 Å². The first kappa shape index (κ1) is 16.7. The summed E-state index contributed by atoms with van der Waals surface area (Å²) in [5.74, 6) is -0.256. The molecule has 0 saturated heterocycles. The predicted octanol–water partition coefficient (Wildman–Crippen LogP) is 3.03. The number of aryl methyl sites for hydroxylation is 1. The van der Waals surface area contributed by atoms with Gasteiger partial charge in [-0.3, -0.25) is 9.59 Å². The number of para-hydroxylation sites is 1. The topological polar surface area (TPSA) is 71.1 Å². The van der Waals surface area contributed by atoms with E-state index in [9.17, 15) is 9.59 Å². The molecule has 0 spiro atoms. The summed E-state index contributed by atoms with van der Waals surface area (Å²) in [5.41, 5.74) is 2.15. The van der Waals surface area contributed by atoms with Crippen LogP contribution in [0.4, 0.5) is 5.69 Å². The number of aromatic nitrogens is 1. The molecule has 2 aromatic rings. The lowest BCUT2D eigenvalue weighted by Gasteiger charge is -2.09. The van der Waals surface area contributed by atoms with Crippen molar-refractivity contribution in [2.45, 2.75) is 20.8 Å². The van der Waals surface area contributed by atoms with Gasteiger partial charge in [-0.05, 0) is 36.6 Å². The number of carbonyl (C=O) groups is 2. The number of carbonyl (C=O) groups excluding carboxylic acids is 2. The van der Waals surface area contributed by atoms with E-state index in [1.54, 1.807) is 18.2 Å². The summed E-state index contributed by atoms with van der Waals surface area (Å²) in [7, 11) is 0. The average molecular weight is 311 g/mol. The minimum Gasteiger partial charge on any atom is -0.350 e. The van der Waals surface area contributed by atoms with Crippen LogP contribution in [0.3, 0.4) is 0 Å². The molecule has 2 rings (SSSR count). The fourth-order valence-electron chi connectivity index (χ4n) is 1.97. The van der Waals surface area contributed by atoms with Gasteiger partial charge in [0.05, 0.1) is 0 Å². The molecule has 0 aliphatic carbocycles. The van der Waals surface area contributed by atoms with E-state index in [4.69, 9.17) is 0 Å². The number of anilines is 1. The maximum absolute atomic E-state index is 12.3. The summed E-state index contributed by atoms with van der Waals surface area (Å²) in [4.78, 5) is 28.5. The molecule has 23 heavy (non-hydrogen) atoms. The van der Waals surface area contributed by atoms with Crippen LogP contribution in [0.5, 0.6) is 0 Å². The van der Waals surface area contributed by atoms with E-state index in [1.165, 1.54) is 0 Å². The lowest BCUT2D eigenvalue weighted by Crippen LogP contribution is -2.28. The third-order valence-electron chi connectivity index (χ3n) is 3.28. The highest BCUT2D eigenvalue weighted by molar-refractivity contribution is 6.04. The molecule has 0 radical (unpaired) electrons. The van der Waals surface area contributed by atoms with Crippen LogP contribution < -0.4 is 10.6 Å². The van der Waals surface area contributed by atoms with Crippen LogP contribution in [0.2, 0.25) is 0 Å². The molecule has 1 aromatic carbocycles. The van der Waals surface area contributed by atoms with Crippen LogP contribution in [0.25, 0.3) is 0 Å². The predicted molar refractivity (Wildman–Crippen MR) is 90.5 cm³/mol. The Morgan fingerprint density at radius 2 is 1.65 bits per heavy atom. The molecule has 0 aliphatic heterocycles. The molecule has 2 amide bonds. The molecule has 2 N–H and O–H groups in total. The second kappa shape index (κ2) is 7.54. The van der Waals surface area contributed by atoms with E-state index in [2.05, 4.69) is 15.6 Å². The lowest BCUT2D eigenvalue weighted by atomic mass is 10.2. The summed E-state index contributed by atoms with van der Waals surface area (Å²) in [6.07, 6.45) is 0. The minimum absolute atomic E-state index is 0.213. The fraction of sp³-hybridized carbons (Fsp3) is 0.278. The van der Waals surface area contributed by atoms with E-state index in [0.717, 1.165) is 11.3 Å². The summed E-state index contributed by atoms with van der Waals surface area (Å²) in [5, 5.41) is 5.60. The quantitative estimate of drug-likeness (QED) is 0.891. The summed E-state index contributed by atoms with van der Waals surface area (Å²) in [6.45, 7) is 6.51. The van der Waals surface area contributed by atoms with Crippen molar-refractivity contribution in [2.75, 3.05) is 11.9 Å². The average Bonchev–Trinajstić information content (AvgIpc) is 2.54. The Morgan fingerprint density at radius 1 is 1.00 bits per heavy atom. The van der Waals surface area contributed by atoms with Crippen molar-refractivity contribution >= 4 is 17.5 Å². The minimum atomic E-state index is -0.335.